The van der Waals surface area contributed by atoms with Crippen molar-refractivity contribution in [2.75, 3.05) is 18.0 Å². The van der Waals surface area contributed by atoms with Gasteiger partial charge in [0, 0.05) is 42.6 Å². The van der Waals surface area contributed by atoms with E-state index >= 15 is 0 Å². The smallest absolute Gasteiger partial charge is 0.361 e. The van der Waals surface area contributed by atoms with Crippen molar-refractivity contribution < 1.29 is 13.2 Å². The summed E-state index contributed by atoms with van der Waals surface area (Å²) in [6.45, 7) is 16.2. The number of hydrogen-bond acceptors (Lipinski definition) is 3. The number of benzene rings is 2. The van der Waals surface area contributed by atoms with Gasteiger partial charge in [0.2, 0.25) is 5.95 Å². The topological polar surface area (TPSA) is 44.8 Å². The number of H-pyrrole nitrogens is 1. The monoisotopic (exact) mass is 578 g/mol. The Bertz CT molecular complexity index is 1470. The van der Waals surface area contributed by atoms with Crippen LogP contribution in [0.2, 0.25) is 0 Å². The maximum Gasteiger partial charge on any atom is 0.419 e. The van der Waals surface area contributed by atoms with Gasteiger partial charge < -0.3 is 9.88 Å². The highest BCUT2D eigenvalue weighted by Crippen LogP contribution is 2.35. The zero-order chi connectivity index (χ0) is 30.9. The van der Waals surface area contributed by atoms with Gasteiger partial charge in [0.25, 0.3) is 0 Å². The molecule has 0 amide bonds. The van der Waals surface area contributed by atoms with Crippen LogP contribution in [-0.4, -0.2) is 28.0 Å². The first-order chi connectivity index (χ1) is 20.1. The second kappa shape index (κ2) is 15.0. The van der Waals surface area contributed by atoms with E-state index in [4.69, 9.17) is 0 Å². The number of alkyl halides is 3. The Kier molecular flexibility index (Phi) is 11.8. The summed E-state index contributed by atoms with van der Waals surface area (Å²) in [5, 5.41) is 1.22. The van der Waals surface area contributed by atoms with Gasteiger partial charge >= 0.3 is 6.18 Å². The van der Waals surface area contributed by atoms with Gasteiger partial charge in [0.05, 0.1) is 5.56 Å². The largest absolute Gasteiger partial charge is 0.419 e. The first kappa shape index (κ1) is 32.9. The van der Waals surface area contributed by atoms with Gasteiger partial charge in [-0.2, -0.15) is 13.2 Å². The Hall–Kier alpha value is -3.61. The lowest BCUT2D eigenvalue weighted by Crippen LogP contribution is -2.33. The van der Waals surface area contributed by atoms with Crippen molar-refractivity contribution in [3.8, 4) is 0 Å². The lowest BCUT2D eigenvalue weighted by molar-refractivity contribution is -0.138. The van der Waals surface area contributed by atoms with Crippen LogP contribution >= 0.6 is 0 Å². The summed E-state index contributed by atoms with van der Waals surface area (Å²) in [4.78, 5) is 13.3. The molecule has 2 aromatic carbocycles. The molecule has 4 nitrogen and oxygen atoms in total. The van der Waals surface area contributed by atoms with Crippen molar-refractivity contribution in [3.63, 3.8) is 0 Å². The zero-order valence-electron chi connectivity index (χ0n) is 26.1. The third-order valence-corrected chi connectivity index (χ3v) is 7.82. The van der Waals surface area contributed by atoms with E-state index in [-0.39, 0.29) is 0 Å². The summed E-state index contributed by atoms with van der Waals surface area (Å²) in [6.07, 6.45) is 4.32. The molecule has 1 N–H and O–H groups in total. The minimum absolute atomic E-state index is 0.353. The number of aromatic nitrogens is 3. The van der Waals surface area contributed by atoms with Crippen LogP contribution in [0.15, 0.2) is 60.6 Å². The van der Waals surface area contributed by atoms with Crippen molar-refractivity contribution in [2.45, 2.75) is 86.7 Å². The number of nitrogens with zero attached hydrogens (tertiary/aromatic N) is 3. The Morgan fingerprint density at radius 2 is 1.67 bits per heavy atom. The van der Waals surface area contributed by atoms with Crippen molar-refractivity contribution in [1.82, 2.24) is 15.0 Å². The minimum Gasteiger partial charge on any atom is -0.361 e. The first-order valence-electron chi connectivity index (χ1n) is 15.1. The fourth-order valence-electron chi connectivity index (χ4n) is 5.43. The quantitative estimate of drug-likeness (QED) is 0.256. The molecule has 1 aliphatic heterocycles. The lowest BCUT2D eigenvalue weighted by atomic mass is 9.89. The van der Waals surface area contributed by atoms with E-state index in [1.807, 2.05) is 24.9 Å². The molecule has 3 heterocycles. The standard InChI is InChI=1S/C23H25F3N4.C10H14.C2H6/c1-3-5-18(19-8-7-15(2)21-20(19)9-10-27-21)16-6-4-11-30(14-16)22-28-12-17(13-29-22)23(24,25)26;1-4-10-7-5-6-8(2)9(10)3;1-2/h7-10,12-13,27H,3-6,11,14H2,1-2H3;5-7H,4H2,1-3H3;1-2H3/b18-16-;;. The number of aryl methyl sites for hydroxylation is 3. The third-order valence-electron chi connectivity index (χ3n) is 7.82. The molecule has 4 aromatic rings. The van der Waals surface area contributed by atoms with E-state index in [1.165, 1.54) is 44.3 Å². The van der Waals surface area contributed by atoms with Gasteiger partial charge in [0.1, 0.15) is 0 Å². The maximum absolute atomic E-state index is 12.8. The molecule has 1 saturated heterocycles. The summed E-state index contributed by atoms with van der Waals surface area (Å²) < 4.78 is 38.5. The van der Waals surface area contributed by atoms with Crippen molar-refractivity contribution in [1.29, 1.82) is 0 Å². The highest BCUT2D eigenvalue weighted by Gasteiger charge is 2.32. The summed E-state index contributed by atoms with van der Waals surface area (Å²) in [7, 11) is 0. The molecule has 1 aliphatic rings. The number of piperidine rings is 1. The normalized spacial score (nSPS) is 14.6. The Balaban J connectivity index is 0.000000340. The third kappa shape index (κ3) is 7.81. The van der Waals surface area contributed by atoms with Gasteiger partial charge in [-0.1, -0.05) is 64.4 Å². The molecule has 0 unspecified atom stereocenters. The molecule has 5 rings (SSSR count). The molecule has 0 saturated carbocycles. The maximum atomic E-state index is 12.8. The lowest BCUT2D eigenvalue weighted by Gasteiger charge is -2.31. The molecule has 0 radical (unpaired) electrons. The number of anilines is 1. The Morgan fingerprint density at radius 3 is 2.29 bits per heavy atom. The minimum atomic E-state index is -4.42. The van der Waals surface area contributed by atoms with Gasteiger partial charge in [-0.05, 0) is 91.5 Å². The van der Waals surface area contributed by atoms with Crippen LogP contribution in [0.5, 0.6) is 0 Å². The predicted molar refractivity (Wildman–Crippen MR) is 170 cm³/mol. The molecule has 7 heteroatoms. The molecule has 0 aliphatic carbocycles. The second-order valence-electron chi connectivity index (χ2n) is 10.5. The molecular formula is C35H45F3N4. The molecular weight excluding hydrogens is 533 g/mol. The molecule has 0 atom stereocenters. The summed E-state index contributed by atoms with van der Waals surface area (Å²) in [5.41, 5.74) is 9.76. The van der Waals surface area contributed by atoms with Crippen LogP contribution in [0.1, 0.15) is 86.8 Å². The van der Waals surface area contributed by atoms with E-state index in [2.05, 4.69) is 86.0 Å². The average molecular weight is 579 g/mol. The van der Waals surface area contributed by atoms with E-state index < -0.39 is 11.7 Å². The molecule has 42 heavy (non-hydrogen) atoms. The average Bonchev–Trinajstić information content (AvgIpc) is 3.50. The zero-order valence-corrected chi connectivity index (χ0v) is 26.1. The Morgan fingerprint density at radius 1 is 0.952 bits per heavy atom. The molecule has 0 bridgehead atoms. The number of fused-ring (bicyclic) bond motifs is 1. The summed E-state index contributed by atoms with van der Waals surface area (Å²) in [5.74, 6) is 0.353. The number of rotatable bonds is 5. The van der Waals surface area contributed by atoms with Gasteiger partial charge in [-0.15, -0.1) is 0 Å². The highest BCUT2D eigenvalue weighted by molar-refractivity contribution is 5.94. The van der Waals surface area contributed by atoms with Gasteiger partial charge in [-0.25, -0.2) is 9.97 Å². The molecule has 1 fully saturated rings. The Labute approximate surface area is 249 Å². The number of halogens is 3. The van der Waals surface area contributed by atoms with Crippen LogP contribution < -0.4 is 4.90 Å². The van der Waals surface area contributed by atoms with Crippen molar-refractivity contribution in [3.05, 3.63) is 93.9 Å². The van der Waals surface area contributed by atoms with Crippen LogP contribution in [0.3, 0.4) is 0 Å². The SMILES string of the molecule is CC.CCC/C(=C1\CCCN(c2ncc(C(F)(F)F)cn2)C1)c1ccc(C)c2[nH]ccc12.CCc1cccc(C)c1C. The molecule has 2 aromatic heterocycles. The summed E-state index contributed by atoms with van der Waals surface area (Å²) >= 11 is 0. The highest BCUT2D eigenvalue weighted by atomic mass is 19.4. The second-order valence-corrected chi connectivity index (χ2v) is 10.5. The first-order valence-corrected chi connectivity index (χ1v) is 15.1. The van der Waals surface area contributed by atoms with Crippen LogP contribution in [0, 0.1) is 20.8 Å². The number of aromatic amines is 1. The number of hydrogen-bond donors (Lipinski definition) is 1. The van der Waals surface area contributed by atoms with Gasteiger partial charge in [0.15, 0.2) is 0 Å². The fraction of sp³-hybridized carbons (Fsp3) is 0.429. The van der Waals surface area contributed by atoms with Crippen molar-refractivity contribution >= 4 is 22.4 Å². The van der Waals surface area contributed by atoms with E-state index in [1.54, 1.807) is 0 Å². The van der Waals surface area contributed by atoms with Crippen molar-refractivity contribution in [2.24, 2.45) is 0 Å². The van der Waals surface area contributed by atoms with E-state index in [0.717, 1.165) is 56.6 Å². The van der Waals surface area contributed by atoms with E-state index in [0.29, 0.717) is 12.5 Å². The van der Waals surface area contributed by atoms with Crippen LogP contribution in [0.4, 0.5) is 19.1 Å². The fourth-order valence-corrected chi connectivity index (χ4v) is 5.43. The number of nitrogens with one attached hydrogen (secondary N) is 1. The predicted octanol–water partition coefficient (Wildman–Crippen LogP) is 10.0. The summed E-state index contributed by atoms with van der Waals surface area (Å²) in [6, 6.07) is 12.9. The van der Waals surface area contributed by atoms with Crippen LogP contribution in [-0.2, 0) is 12.6 Å². The number of allylic oxidation sites excluding steroid dienone is 1. The van der Waals surface area contributed by atoms with Crippen LogP contribution in [0.25, 0.3) is 16.5 Å². The molecule has 226 valence electrons. The van der Waals surface area contributed by atoms with E-state index in [9.17, 15) is 13.2 Å². The molecule has 0 spiro atoms. The van der Waals surface area contributed by atoms with Gasteiger partial charge in [-0.3, -0.25) is 0 Å².